The van der Waals surface area contributed by atoms with Gasteiger partial charge in [0.05, 0.1) is 0 Å². The summed E-state index contributed by atoms with van der Waals surface area (Å²) >= 11 is 0. The number of aliphatic hydroxyl groups excluding tert-OH is 1. The Morgan fingerprint density at radius 3 is 2.57 bits per heavy atom. The second-order valence-corrected chi connectivity index (χ2v) is 6.34. The van der Waals surface area contributed by atoms with Crippen LogP contribution >= 0.6 is 0 Å². The minimum Gasteiger partial charge on any atom is -0.382 e. The van der Waals surface area contributed by atoms with Crippen LogP contribution < -0.4 is 0 Å². The van der Waals surface area contributed by atoms with Crippen molar-refractivity contribution in [3.8, 4) is 0 Å². The summed E-state index contributed by atoms with van der Waals surface area (Å²) in [6.07, 6.45) is -4.12. The molecule has 2 rings (SSSR count). The van der Waals surface area contributed by atoms with Gasteiger partial charge >= 0.3 is 6.18 Å². The molecule has 1 N–H and O–H groups in total. The zero-order valence-corrected chi connectivity index (χ0v) is 13.5. The largest absolute Gasteiger partial charge is 0.415 e. The Labute approximate surface area is 135 Å². The van der Waals surface area contributed by atoms with Crippen LogP contribution in [-0.4, -0.2) is 59.9 Å². The first kappa shape index (κ1) is 18.2. The molecular weight excluding hydrogens is 305 g/mol. The van der Waals surface area contributed by atoms with Crippen molar-refractivity contribution < 1.29 is 18.3 Å². The molecule has 1 aromatic rings. The Morgan fingerprint density at radius 1 is 1.22 bits per heavy atom. The monoisotopic (exact) mass is 330 g/mol. The van der Waals surface area contributed by atoms with E-state index >= 15 is 0 Å². The van der Waals surface area contributed by atoms with Crippen LogP contribution in [0.2, 0.25) is 0 Å². The van der Waals surface area contributed by atoms with Crippen molar-refractivity contribution in [1.82, 2.24) is 9.80 Å². The summed E-state index contributed by atoms with van der Waals surface area (Å²) in [6, 6.07) is 10.5. The molecule has 0 aromatic heterocycles. The molecule has 1 fully saturated rings. The minimum atomic E-state index is -4.53. The van der Waals surface area contributed by atoms with E-state index in [-0.39, 0.29) is 6.54 Å². The van der Waals surface area contributed by atoms with Crippen molar-refractivity contribution in [3.05, 3.63) is 35.9 Å². The van der Waals surface area contributed by atoms with Gasteiger partial charge < -0.3 is 10.0 Å². The van der Waals surface area contributed by atoms with E-state index in [1.54, 1.807) is 4.90 Å². The summed E-state index contributed by atoms with van der Waals surface area (Å²) in [4.78, 5) is 4.01. The molecular formula is C17H25F3N2O. The minimum absolute atomic E-state index is 0.321. The van der Waals surface area contributed by atoms with Crippen molar-refractivity contribution in [3.63, 3.8) is 0 Å². The summed E-state index contributed by atoms with van der Waals surface area (Å²) in [5, 5.41) is 9.22. The zero-order chi connectivity index (χ0) is 16.9. The van der Waals surface area contributed by atoms with Gasteiger partial charge in [-0.1, -0.05) is 30.3 Å². The maximum Gasteiger partial charge on any atom is 0.415 e. The van der Waals surface area contributed by atoms with Crippen molar-refractivity contribution in [2.24, 2.45) is 0 Å². The van der Waals surface area contributed by atoms with Crippen molar-refractivity contribution in [2.45, 2.75) is 44.1 Å². The second kappa shape index (κ2) is 8.13. The van der Waals surface area contributed by atoms with E-state index in [1.165, 1.54) is 5.56 Å². The van der Waals surface area contributed by atoms with E-state index in [4.69, 9.17) is 0 Å². The molecule has 3 nitrogen and oxygen atoms in total. The number of halogens is 3. The fraction of sp³-hybridized carbons (Fsp3) is 0.647. The van der Waals surface area contributed by atoms with E-state index in [2.05, 4.69) is 24.1 Å². The van der Waals surface area contributed by atoms with E-state index in [0.29, 0.717) is 19.1 Å². The van der Waals surface area contributed by atoms with Gasteiger partial charge in [0.15, 0.2) is 6.10 Å². The summed E-state index contributed by atoms with van der Waals surface area (Å²) < 4.78 is 37.4. The molecule has 0 spiro atoms. The second-order valence-electron chi connectivity index (χ2n) is 6.34. The van der Waals surface area contributed by atoms with Gasteiger partial charge in [0, 0.05) is 19.1 Å². The predicted molar refractivity (Wildman–Crippen MR) is 84.0 cm³/mol. The van der Waals surface area contributed by atoms with Crippen LogP contribution in [0.4, 0.5) is 13.2 Å². The normalized spacial score (nSPS) is 22.1. The molecule has 0 saturated carbocycles. The Hall–Kier alpha value is -1.11. The molecule has 23 heavy (non-hydrogen) atoms. The van der Waals surface area contributed by atoms with Gasteiger partial charge in [-0.25, -0.2) is 0 Å². The third-order valence-electron chi connectivity index (χ3n) is 4.50. The topological polar surface area (TPSA) is 26.7 Å². The van der Waals surface area contributed by atoms with Crippen LogP contribution in [0.1, 0.15) is 24.8 Å². The molecule has 1 heterocycles. The molecule has 2 atom stereocenters. The number of β-amino-alcohol motifs (C(OH)–C–C–N with tert-alkyl or cyclic N) is 1. The highest BCUT2D eigenvalue weighted by molar-refractivity contribution is 5.14. The molecule has 1 aliphatic rings. The van der Waals surface area contributed by atoms with Gasteiger partial charge in [-0.15, -0.1) is 0 Å². The van der Waals surface area contributed by atoms with E-state index in [1.807, 2.05) is 18.2 Å². The Bertz CT molecular complexity index is 467. The smallest absolute Gasteiger partial charge is 0.382 e. The molecule has 0 amide bonds. The highest BCUT2D eigenvalue weighted by Gasteiger charge is 2.39. The third-order valence-corrected chi connectivity index (χ3v) is 4.50. The quantitative estimate of drug-likeness (QED) is 0.899. The molecule has 0 bridgehead atoms. The van der Waals surface area contributed by atoms with Crippen molar-refractivity contribution >= 4 is 0 Å². The summed E-state index contributed by atoms with van der Waals surface area (Å²) in [7, 11) is 2.07. The molecule has 1 aliphatic heterocycles. The Kier molecular flexibility index (Phi) is 6.44. The first-order valence-corrected chi connectivity index (χ1v) is 8.07. The SMILES string of the molecule is CN(Cc1ccccc1)[C@@H]1CCCN(C[C@H](O)C(F)(F)F)CC1. The number of aliphatic hydroxyl groups is 1. The molecule has 0 unspecified atom stereocenters. The molecule has 0 radical (unpaired) electrons. The standard InChI is InChI=1S/C17H25F3N2O/c1-21(12-14-6-3-2-4-7-14)15-8-5-10-22(11-9-15)13-16(23)17(18,19)20/h2-4,6-7,15-16,23H,5,8-13H2,1H3/t15-,16+/m1/s1. The van der Waals surface area contributed by atoms with Crippen molar-refractivity contribution in [2.75, 3.05) is 26.7 Å². The van der Waals surface area contributed by atoms with E-state index in [0.717, 1.165) is 25.8 Å². The van der Waals surface area contributed by atoms with Crippen LogP contribution in [0.15, 0.2) is 30.3 Å². The van der Waals surface area contributed by atoms with Gasteiger partial charge in [-0.05, 0) is 45.0 Å². The van der Waals surface area contributed by atoms with Gasteiger partial charge in [0.1, 0.15) is 0 Å². The maximum absolute atomic E-state index is 12.5. The van der Waals surface area contributed by atoms with E-state index in [9.17, 15) is 18.3 Å². The summed E-state index contributed by atoms with van der Waals surface area (Å²) in [6.45, 7) is 1.73. The lowest BCUT2D eigenvalue weighted by atomic mass is 10.1. The molecule has 130 valence electrons. The zero-order valence-electron chi connectivity index (χ0n) is 13.5. The lowest BCUT2D eigenvalue weighted by molar-refractivity contribution is -0.208. The highest BCUT2D eigenvalue weighted by atomic mass is 19.4. The van der Waals surface area contributed by atoms with Crippen LogP contribution in [0.25, 0.3) is 0 Å². The van der Waals surface area contributed by atoms with Crippen LogP contribution in [0.5, 0.6) is 0 Å². The first-order chi connectivity index (χ1) is 10.9. The van der Waals surface area contributed by atoms with Gasteiger partial charge in [0.25, 0.3) is 0 Å². The number of rotatable bonds is 5. The number of likely N-dealkylation sites (tertiary alicyclic amines) is 1. The number of benzene rings is 1. The Balaban J connectivity index is 1.83. The van der Waals surface area contributed by atoms with Crippen LogP contribution in [-0.2, 0) is 6.54 Å². The lowest BCUT2D eigenvalue weighted by Gasteiger charge is -2.28. The molecule has 1 saturated heterocycles. The van der Waals surface area contributed by atoms with E-state index < -0.39 is 12.3 Å². The summed E-state index contributed by atoms with van der Waals surface area (Å²) in [5.74, 6) is 0. The average molecular weight is 330 g/mol. The first-order valence-electron chi connectivity index (χ1n) is 8.07. The number of hydrogen-bond donors (Lipinski definition) is 1. The van der Waals surface area contributed by atoms with Crippen molar-refractivity contribution in [1.29, 1.82) is 0 Å². The van der Waals surface area contributed by atoms with Gasteiger partial charge in [-0.2, -0.15) is 13.2 Å². The van der Waals surface area contributed by atoms with Gasteiger partial charge in [0.2, 0.25) is 0 Å². The predicted octanol–water partition coefficient (Wildman–Crippen LogP) is 2.90. The molecule has 1 aromatic carbocycles. The highest BCUT2D eigenvalue weighted by Crippen LogP contribution is 2.23. The fourth-order valence-electron chi connectivity index (χ4n) is 3.11. The lowest BCUT2D eigenvalue weighted by Crippen LogP contribution is -2.41. The van der Waals surface area contributed by atoms with Crippen LogP contribution in [0.3, 0.4) is 0 Å². The molecule has 6 heteroatoms. The maximum atomic E-state index is 12.5. The average Bonchev–Trinajstić information content (AvgIpc) is 2.73. The Morgan fingerprint density at radius 2 is 1.91 bits per heavy atom. The molecule has 0 aliphatic carbocycles. The van der Waals surface area contributed by atoms with Crippen LogP contribution in [0, 0.1) is 0 Å². The number of hydrogen-bond acceptors (Lipinski definition) is 3. The summed E-state index contributed by atoms with van der Waals surface area (Å²) in [5.41, 5.74) is 1.24. The number of nitrogens with zero attached hydrogens (tertiary/aromatic N) is 2. The fourth-order valence-corrected chi connectivity index (χ4v) is 3.11. The third kappa shape index (κ3) is 5.79. The van der Waals surface area contributed by atoms with Gasteiger partial charge in [-0.3, -0.25) is 4.90 Å². The number of alkyl halides is 3.